The monoisotopic (exact) mass is 296 g/mol. The third-order valence-corrected chi connectivity index (χ3v) is 2.97. The van der Waals surface area contributed by atoms with Gasteiger partial charge in [-0.3, -0.25) is 14.4 Å². The Bertz CT molecular complexity index is 411. The first-order valence-corrected chi connectivity index (χ1v) is 5.91. The fraction of sp³-hybridized carbons (Fsp3) is 0.727. The summed E-state index contributed by atoms with van der Waals surface area (Å²) in [6.45, 7) is -1.69. The molecule has 2 amide bonds. The minimum absolute atomic E-state index is 0.0435. The lowest BCUT2D eigenvalue weighted by Crippen LogP contribution is -2.38. The first-order chi connectivity index (χ1) is 9.10. The van der Waals surface area contributed by atoms with Crippen molar-refractivity contribution in [2.24, 2.45) is 5.92 Å². The van der Waals surface area contributed by atoms with Gasteiger partial charge >= 0.3 is 12.1 Å². The van der Waals surface area contributed by atoms with Crippen LogP contribution in [0.15, 0.2) is 0 Å². The zero-order chi connectivity index (χ0) is 15.5. The Hall–Kier alpha value is -1.80. The molecule has 0 radical (unpaired) electrons. The number of carbonyl (C=O) groups is 3. The lowest BCUT2D eigenvalue weighted by atomic mass is 10.1. The predicted octanol–water partition coefficient (Wildman–Crippen LogP) is 0.330. The summed E-state index contributed by atoms with van der Waals surface area (Å²) in [6.07, 6.45) is -5.02. The molecule has 20 heavy (non-hydrogen) atoms. The number of nitrogens with zero attached hydrogens (tertiary/aromatic N) is 2. The fourth-order valence-corrected chi connectivity index (χ4v) is 1.99. The van der Waals surface area contributed by atoms with Crippen LogP contribution < -0.4 is 0 Å². The summed E-state index contributed by atoms with van der Waals surface area (Å²) in [5, 5.41) is 8.50. The number of alkyl halides is 3. The van der Waals surface area contributed by atoms with Crippen LogP contribution in [0.4, 0.5) is 13.2 Å². The molecular formula is C11H15F3N2O4. The summed E-state index contributed by atoms with van der Waals surface area (Å²) in [5.41, 5.74) is 0. The van der Waals surface area contributed by atoms with Gasteiger partial charge in [0.2, 0.25) is 11.8 Å². The molecule has 1 saturated heterocycles. The van der Waals surface area contributed by atoms with Gasteiger partial charge in [0.1, 0.15) is 6.54 Å². The van der Waals surface area contributed by atoms with Gasteiger partial charge in [-0.05, 0) is 0 Å². The van der Waals surface area contributed by atoms with Gasteiger partial charge in [-0.25, -0.2) is 0 Å². The number of halogens is 3. The maximum Gasteiger partial charge on any atom is 0.406 e. The van der Waals surface area contributed by atoms with Crippen molar-refractivity contribution in [2.75, 3.05) is 26.7 Å². The molecule has 0 aromatic heterocycles. The lowest BCUT2D eigenvalue weighted by molar-refractivity contribution is -0.157. The molecule has 1 rings (SSSR count). The van der Waals surface area contributed by atoms with Crippen molar-refractivity contribution in [3.63, 3.8) is 0 Å². The van der Waals surface area contributed by atoms with Crippen molar-refractivity contribution in [3.05, 3.63) is 0 Å². The maximum absolute atomic E-state index is 12.2. The Balaban J connectivity index is 2.55. The largest absolute Gasteiger partial charge is 0.481 e. The SMILES string of the molecule is CN(CCC(=O)O)C(=O)C1CC(=O)N(CC(F)(F)F)C1. The molecule has 6 nitrogen and oxygen atoms in total. The molecule has 0 saturated carbocycles. The van der Waals surface area contributed by atoms with E-state index in [2.05, 4.69) is 0 Å². The highest BCUT2D eigenvalue weighted by Crippen LogP contribution is 2.24. The van der Waals surface area contributed by atoms with Crippen LogP contribution in [-0.2, 0) is 14.4 Å². The van der Waals surface area contributed by atoms with Gasteiger partial charge < -0.3 is 14.9 Å². The molecule has 1 N–H and O–H groups in total. The predicted molar refractivity (Wildman–Crippen MR) is 60.6 cm³/mol. The molecule has 9 heteroatoms. The summed E-state index contributed by atoms with van der Waals surface area (Å²) < 4.78 is 36.7. The molecule has 0 bridgehead atoms. The van der Waals surface area contributed by atoms with Crippen LogP contribution in [0.2, 0.25) is 0 Å². The van der Waals surface area contributed by atoms with Gasteiger partial charge in [0.25, 0.3) is 0 Å². The number of aliphatic carboxylic acids is 1. The number of carboxylic acids is 1. The van der Waals surface area contributed by atoms with Gasteiger partial charge in [-0.15, -0.1) is 0 Å². The fourth-order valence-electron chi connectivity index (χ4n) is 1.99. The summed E-state index contributed by atoms with van der Waals surface area (Å²) >= 11 is 0. The second-order valence-corrected chi connectivity index (χ2v) is 4.69. The van der Waals surface area contributed by atoms with Crippen LogP contribution in [0.1, 0.15) is 12.8 Å². The highest BCUT2D eigenvalue weighted by molar-refractivity contribution is 5.89. The quantitative estimate of drug-likeness (QED) is 0.793. The minimum Gasteiger partial charge on any atom is -0.481 e. The van der Waals surface area contributed by atoms with E-state index in [9.17, 15) is 27.6 Å². The molecule has 0 aromatic carbocycles. The second kappa shape index (κ2) is 6.10. The van der Waals surface area contributed by atoms with E-state index in [1.807, 2.05) is 0 Å². The Morgan fingerprint density at radius 2 is 2.05 bits per heavy atom. The van der Waals surface area contributed by atoms with E-state index in [4.69, 9.17) is 5.11 Å². The highest BCUT2D eigenvalue weighted by Gasteiger charge is 2.41. The van der Waals surface area contributed by atoms with E-state index < -0.39 is 36.4 Å². The van der Waals surface area contributed by atoms with Crippen LogP contribution in [0.5, 0.6) is 0 Å². The number of amides is 2. The standard InChI is InChI=1S/C11H15F3N2O4/c1-15(3-2-9(18)19)10(20)7-4-8(17)16(5-7)6-11(12,13)14/h7H,2-6H2,1H3,(H,18,19). The molecule has 1 aliphatic heterocycles. The number of hydrogen-bond acceptors (Lipinski definition) is 3. The zero-order valence-electron chi connectivity index (χ0n) is 10.8. The van der Waals surface area contributed by atoms with Crippen LogP contribution in [0, 0.1) is 5.92 Å². The molecule has 1 unspecified atom stereocenters. The number of rotatable bonds is 5. The van der Waals surface area contributed by atoms with Crippen molar-refractivity contribution in [3.8, 4) is 0 Å². The Morgan fingerprint density at radius 1 is 1.45 bits per heavy atom. The lowest BCUT2D eigenvalue weighted by Gasteiger charge is -2.21. The molecule has 1 aliphatic rings. The first kappa shape index (κ1) is 16.3. The molecule has 0 spiro atoms. The number of hydrogen-bond donors (Lipinski definition) is 1. The Morgan fingerprint density at radius 3 is 2.55 bits per heavy atom. The van der Waals surface area contributed by atoms with Crippen molar-refractivity contribution in [1.29, 1.82) is 0 Å². The average molecular weight is 296 g/mol. The number of likely N-dealkylation sites (tertiary alicyclic amines) is 1. The highest BCUT2D eigenvalue weighted by atomic mass is 19.4. The molecule has 1 heterocycles. The van der Waals surface area contributed by atoms with Gasteiger partial charge in [-0.2, -0.15) is 13.2 Å². The number of carbonyl (C=O) groups excluding carboxylic acids is 2. The summed E-state index contributed by atoms with van der Waals surface area (Å²) in [5.74, 6) is -3.15. The van der Waals surface area contributed by atoms with E-state index >= 15 is 0 Å². The van der Waals surface area contributed by atoms with E-state index in [0.29, 0.717) is 4.90 Å². The van der Waals surface area contributed by atoms with Gasteiger partial charge in [0.05, 0.1) is 12.3 Å². The summed E-state index contributed by atoms with van der Waals surface area (Å²) in [4.78, 5) is 35.4. The molecular weight excluding hydrogens is 281 g/mol. The topological polar surface area (TPSA) is 77.9 Å². The Kier molecular flexibility index (Phi) is 4.96. The zero-order valence-corrected chi connectivity index (χ0v) is 10.8. The number of carboxylic acid groups (broad SMARTS) is 1. The van der Waals surface area contributed by atoms with Crippen molar-refractivity contribution in [2.45, 2.75) is 19.0 Å². The van der Waals surface area contributed by atoms with E-state index in [0.717, 1.165) is 4.90 Å². The molecule has 0 aromatic rings. The van der Waals surface area contributed by atoms with Gasteiger partial charge in [0.15, 0.2) is 0 Å². The average Bonchev–Trinajstić information content (AvgIpc) is 2.64. The van der Waals surface area contributed by atoms with Crippen LogP contribution in [0.3, 0.4) is 0 Å². The molecule has 1 fully saturated rings. The van der Waals surface area contributed by atoms with Crippen molar-refractivity contribution < 1.29 is 32.7 Å². The third-order valence-electron chi connectivity index (χ3n) is 2.97. The third kappa shape index (κ3) is 4.71. The van der Waals surface area contributed by atoms with Gasteiger partial charge in [-0.1, -0.05) is 0 Å². The molecule has 1 atom stereocenters. The maximum atomic E-state index is 12.2. The van der Waals surface area contributed by atoms with Gasteiger partial charge in [0, 0.05) is 26.6 Å². The van der Waals surface area contributed by atoms with Crippen LogP contribution in [0.25, 0.3) is 0 Å². The minimum atomic E-state index is -4.50. The smallest absolute Gasteiger partial charge is 0.406 e. The Labute approximate surface area is 113 Å². The van der Waals surface area contributed by atoms with Crippen molar-refractivity contribution in [1.82, 2.24) is 9.80 Å². The van der Waals surface area contributed by atoms with Crippen LogP contribution in [-0.4, -0.2) is 65.5 Å². The van der Waals surface area contributed by atoms with E-state index in [1.54, 1.807) is 0 Å². The summed E-state index contributed by atoms with van der Waals surface area (Å²) in [6, 6.07) is 0. The van der Waals surface area contributed by atoms with Crippen molar-refractivity contribution >= 4 is 17.8 Å². The van der Waals surface area contributed by atoms with E-state index in [-0.39, 0.29) is 25.9 Å². The summed E-state index contributed by atoms with van der Waals surface area (Å²) in [7, 11) is 1.36. The molecule has 0 aliphatic carbocycles. The molecule has 114 valence electrons. The van der Waals surface area contributed by atoms with E-state index in [1.165, 1.54) is 7.05 Å². The normalized spacial score (nSPS) is 19.3. The first-order valence-electron chi connectivity index (χ1n) is 5.91. The van der Waals surface area contributed by atoms with Crippen LogP contribution >= 0.6 is 0 Å². The second-order valence-electron chi connectivity index (χ2n) is 4.69.